The molecule has 3 aromatic rings. The predicted octanol–water partition coefficient (Wildman–Crippen LogP) is 3.89. The highest BCUT2D eigenvalue weighted by atomic mass is 32.2. The summed E-state index contributed by atoms with van der Waals surface area (Å²) in [5.41, 5.74) is 1.34. The highest BCUT2D eigenvalue weighted by Gasteiger charge is 2.12. The smallest absolute Gasteiger partial charge is 0.307 e. The second kappa shape index (κ2) is 8.80. The zero-order valence-corrected chi connectivity index (χ0v) is 15.9. The third kappa shape index (κ3) is 4.82. The number of thioether (sulfide) groups is 1. The minimum absolute atomic E-state index is 0.191. The van der Waals surface area contributed by atoms with Crippen LogP contribution in [0.15, 0.2) is 40.1 Å². The van der Waals surface area contributed by atoms with Gasteiger partial charge in [0.1, 0.15) is 11.1 Å². The summed E-state index contributed by atoms with van der Waals surface area (Å²) in [5, 5.41) is 13.6. The zero-order chi connectivity index (χ0) is 18.4. The van der Waals surface area contributed by atoms with E-state index in [0.29, 0.717) is 16.3 Å². The number of hydrogen-bond donors (Lipinski definition) is 1. The van der Waals surface area contributed by atoms with E-state index in [1.54, 1.807) is 22.8 Å². The average molecular weight is 404 g/mol. The summed E-state index contributed by atoms with van der Waals surface area (Å²) in [5.74, 6) is -0.374. The number of ether oxygens (including phenoxy) is 1. The molecule has 2 aromatic heterocycles. The normalized spacial score (nSPS) is 10.4. The summed E-state index contributed by atoms with van der Waals surface area (Å²) in [6.07, 6.45) is 0.191. The van der Waals surface area contributed by atoms with E-state index in [2.05, 4.69) is 10.3 Å². The van der Waals surface area contributed by atoms with E-state index < -0.39 is 11.9 Å². The third-order valence-corrected chi connectivity index (χ3v) is 6.22. The molecule has 0 saturated heterocycles. The number of para-hydroxylation sites is 1. The molecule has 26 heavy (non-hydrogen) atoms. The Balaban J connectivity index is 1.39. The maximum Gasteiger partial charge on any atom is 0.307 e. The van der Waals surface area contributed by atoms with Crippen LogP contribution in [-0.2, 0) is 14.3 Å². The maximum absolute atomic E-state index is 11.8. The van der Waals surface area contributed by atoms with E-state index in [1.165, 1.54) is 23.1 Å². The van der Waals surface area contributed by atoms with Crippen molar-refractivity contribution in [1.29, 1.82) is 5.26 Å². The van der Waals surface area contributed by atoms with Gasteiger partial charge in [0.05, 0.1) is 22.2 Å². The highest BCUT2D eigenvalue weighted by molar-refractivity contribution is 8.01. The van der Waals surface area contributed by atoms with Crippen molar-refractivity contribution in [3.63, 3.8) is 0 Å². The number of anilines is 1. The molecule has 0 spiro atoms. The van der Waals surface area contributed by atoms with E-state index >= 15 is 0 Å². The first-order chi connectivity index (χ1) is 12.7. The third-order valence-electron chi connectivity index (χ3n) is 3.21. The zero-order valence-electron chi connectivity index (χ0n) is 13.4. The number of nitriles is 1. The fraction of sp³-hybridized carbons (Fsp3) is 0.176. The minimum atomic E-state index is -0.462. The number of aromatic nitrogens is 1. The molecule has 1 N–H and O–H groups in total. The topological polar surface area (TPSA) is 92.1 Å². The molecule has 0 bridgehead atoms. The van der Waals surface area contributed by atoms with Crippen molar-refractivity contribution in [2.24, 2.45) is 0 Å². The van der Waals surface area contributed by atoms with Gasteiger partial charge in [-0.05, 0) is 23.6 Å². The second-order valence-corrected chi connectivity index (χ2v) is 8.32. The van der Waals surface area contributed by atoms with Gasteiger partial charge in [-0.15, -0.1) is 22.7 Å². The van der Waals surface area contributed by atoms with Gasteiger partial charge in [-0.25, -0.2) is 4.98 Å². The number of amides is 1. The van der Waals surface area contributed by atoms with Gasteiger partial charge >= 0.3 is 5.97 Å². The molecular formula is C17H13N3O3S3. The molecule has 0 aliphatic carbocycles. The summed E-state index contributed by atoms with van der Waals surface area (Å²) < 4.78 is 6.98. The molecule has 3 rings (SSSR count). The number of carbonyl (C=O) groups is 2. The fourth-order valence-electron chi connectivity index (χ4n) is 2.01. The van der Waals surface area contributed by atoms with Gasteiger partial charge in [0.2, 0.25) is 0 Å². The van der Waals surface area contributed by atoms with Crippen molar-refractivity contribution in [2.45, 2.75) is 10.8 Å². The minimum Gasteiger partial charge on any atom is -0.456 e. The quantitative estimate of drug-likeness (QED) is 0.475. The van der Waals surface area contributed by atoms with Gasteiger partial charge in [0.25, 0.3) is 5.91 Å². The van der Waals surface area contributed by atoms with Crippen molar-refractivity contribution in [3.05, 3.63) is 41.3 Å². The molecule has 0 aliphatic rings. The molecule has 0 aliphatic heterocycles. The molecule has 9 heteroatoms. The number of nitrogens with zero attached hydrogens (tertiary/aromatic N) is 2. The molecule has 0 saturated carbocycles. The Morgan fingerprint density at radius 3 is 2.96 bits per heavy atom. The number of fused-ring (bicyclic) bond motifs is 1. The Labute approximate surface area is 161 Å². The van der Waals surface area contributed by atoms with Crippen LogP contribution in [0.2, 0.25) is 0 Å². The summed E-state index contributed by atoms with van der Waals surface area (Å²) in [7, 11) is 0. The van der Waals surface area contributed by atoms with E-state index in [0.717, 1.165) is 14.6 Å². The standard InChI is InChI=1S/C17H13N3O3S3/c18-9-11-5-7-24-16(11)20-14(21)10-23-15(22)6-8-25-17-19-12-3-1-2-4-13(12)26-17/h1-5,7H,6,8,10H2,(H,20,21). The lowest BCUT2D eigenvalue weighted by Gasteiger charge is -2.05. The van der Waals surface area contributed by atoms with Gasteiger partial charge in [-0.3, -0.25) is 9.59 Å². The van der Waals surface area contributed by atoms with Crippen LogP contribution in [-0.4, -0.2) is 29.2 Å². The summed E-state index contributed by atoms with van der Waals surface area (Å²) in [4.78, 5) is 28.0. The second-order valence-electron chi connectivity index (χ2n) is 5.03. The Morgan fingerprint density at radius 2 is 2.15 bits per heavy atom. The first kappa shape index (κ1) is 18.4. The molecule has 0 radical (unpaired) electrons. The van der Waals surface area contributed by atoms with Crippen LogP contribution in [0.3, 0.4) is 0 Å². The summed E-state index contributed by atoms with van der Waals surface area (Å²) >= 11 is 4.32. The number of esters is 1. The Hall–Kier alpha value is -2.41. The van der Waals surface area contributed by atoms with Crippen molar-refractivity contribution in [1.82, 2.24) is 4.98 Å². The molecule has 0 atom stereocenters. The van der Waals surface area contributed by atoms with E-state index in [9.17, 15) is 9.59 Å². The largest absolute Gasteiger partial charge is 0.456 e. The van der Waals surface area contributed by atoms with Crippen LogP contribution in [0.4, 0.5) is 5.00 Å². The number of thiophene rings is 1. The lowest BCUT2D eigenvalue weighted by Crippen LogP contribution is -2.20. The van der Waals surface area contributed by atoms with Crippen LogP contribution >= 0.6 is 34.4 Å². The van der Waals surface area contributed by atoms with Crippen molar-refractivity contribution >= 4 is 61.5 Å². The monoisotopic (exact) mass is 403 g/mol. The predicted molar refractivity (Wildman–Crippen MR) is 104 cm³/mol. The number of rotatable bonds is 7. The van der Waals surface area contributed by atoms with Crippen molar-refractivity contribution in [3.8, 4) is 6.07 Å². The van der Waals surface area contributed by atoms with Gasteiger partial charge in [-0.1, -0.05) is 23.9 Å². The number of benzene rings is 1. The van der Waals surface area contributed by atoms with Crippen molar-refractivity contribution < 1.29 is 14.3 Å². The van der Waals surface area contributed by atoms with E-state index in [1.807, 2.05) is 30.3 Å². The van der Waals surface area contributed by atoms with Crippen molar-refractivity contribution in [2.75, 3.05) is 17.7 Å². The van der Waals surface area contributed by atoms with Gasteiger partial charge in [0.15, 0.2) is 10.9 Å². The number of nitrogens with one attached hydrogen (secondary N) is 1. The van der Waals surface area contributed by atoms with Gasteiger partial charge in [-0.2, -0.15) is 5.26 Å². The molecule has 0 fully saturated rings. The van der Waals surface area contributed by atoms with Crippen LogP contribution in [0.1, 0.15) is 12.0 Å². The van der Waals surface area contributed by atoms with Gasteiger partial charge in [0, 0.05) is 5.75 Å². The average Bonchev–Trinajstić information content (AvgIpc) is 3.25. The van der Waals surface area contributed by atoms with E-state index in [-0.39, 0.29) is 13.0 Å². The molecule has 6 nitrogen and oxygen atoms in total. The molecule has 132 valence electrons. The number of thiazole rings is 1. The first-order valence-corrected chi connectivity index (χ1v) is 10.3. The summed E-state index contributed by atoms with van der Waals surface area (Å²) in [6, 6.07) is 11.5. The lowest BCUT2D eigenvalue weighted by atomic mass is 10.3. The Morgan fingerprint density at radius 1 is 1.31 bits per heavy atom. The lowest BCUT2D eigenvalue weighted by molar-refractivity contribution is -0.146. The molecule has 1 aromatic carbocycles. The molecular weight excluding hydrogens is 390 g/mol. The number of hydrogen-bond acceptors (Lipinski definition) is 8. The first-order valence-electron chi connectivity index (χ1n) is 7.57. The van der Waals surface area contributed by atoms with Crippen LogP contribution in [0.5, 0.6) is 0 Å². The fourth-order valence-corrected chi connectivity index (χ4v) is 4.82. The Bertz CT molecular complexity index is 941. The van der Waals surface area contributed by atoms with Gasteiger partial charge < -0.3 is 10.1 Å². The Kier molecular flexibility index (Phi) is 6.22. The number of carbonyl (C=O) groups excluding carboxylic acids is 2. The SMILES string of the molecule is N#Cc1ccsc1NC(=O)COC(=O)CCSc1nc2ccccc2s1. The van der Waals surface area contributed by atoms with Crippen LogP contribution in [0, 0.1) is 11.3 Å². The summed E-state index contributed by atoms with van der Waals surface area (Å²) in [6.45, 7) is -0.368. The molecule has 2 heterocycles. The maximum atomic E-state index is 11.8. The van der Waals surface area contributed by atoms with Crippen LogP contribution < -0.4 is 5.32 Å². The highest BCUT2D eigenvalue weighted by Crippen LogP contribution is 2.29. The van der Waals surface area contributed by atoms with Crippen LogP contribution in [0.25, 0.3) is 10.2 Å². The van der Waals surface area contributed by atoms with E-state index in [4.69, 9.17) is 10.00 Å². The molecule has 0 unspecified atom stereocenters. The molecule has 1 amide bonds.